The van der Waals surface area contributed by atoms with Gasteiger partial charge < -0.3 is 15.5 Å². The van der Waals surface area contributed by atoms with E-state index in [2.05, 4.69) is 39.5 Å². The monoisotopic (exact) mass is 334 g/mol. The number of fused-ring (bicyclic) bond motifs is 1. The van der Waals surface area contributed by atoms with Crippen molar-refractivity contribution in [2.24, 2.45) is 0 Å². The lowest BCUT2D eigenvalue weighted by Gasteiger charge is -2.25. The molecule has 0 unspecified atom stereocenters. The summed E-state index contributed by atoms with van der Waals surface area (Å²) in [5, 5.41) is 10.6. The maximum atomic E-state index is 12.3. The molecular weight excluding hydrogens is 304 g/mol. The molecule has 7 nitrogen and oxygen atoms in total. The Bertz CT molecular complexity index is 551. The highest BCUT2D eigenvalue weighted by atomic mass is 16.2. The number of aromatic nitrogens is 3. The van der Waals surface area contributed by atoms with Crippen molar-refractivity contribution in [3.63, 3.8) is 0 Å². The molecule has 0 aromatic carbocycles. The van der Waals surface area contributed by atoms with Crippen molar-refractivity contribution in [1.29, 1.82) is 0 Å². The van der Waals surface area contributed by atoms with E-state index in [0.717, 1.165) is 50.4 Å². The van der Waals surface area contributed by atoms with Crippen molar-refractivity contribution in [1.82, 2.24) is 30.3 Å². The van der Waals surface area contributed by atoms with Crippen molar-refractivity contribution in [3.8, 4) is 0 Å². The summed E-state index contributed by atoms with van der Waals surface area (Å²) in [7, 11) is 0. The van der Waals surface area contributed by atoms with Crippen LogP contribution in [0.5, 0.6) is 0 Å². The molecule has 24 heavy (non-hydrogen) atoms. The van der Waals surface area contributed by atoms with Crippen molar-refractivity contribution in [2.45, 2.75) is 71.0 Å². The Labute approximate surface area is 144 Å². The first-order chi connectivity index (χ1) is 11.7. The summed E-state index contributed by atoms with van der Waals surface area (Å²) < 4.78 is 1.95. The molecule has 0 aliphatic carbocycles. The smallest absolute Gasteiger partial charge is 0.315 e. The number of carbonyl (C=O) groups is 1. The number of hydrogen-bond acceptors (Lipinski definition) is 4. The number of carbonyl (C=O) groups excluding carboxylic acids is 1. The molecule has 1 saturated heterocycles. The molecule has 0 bridgehead atoms. The fourth-order valence-electron chi connectivity index (χ4n) is 3.56. The van der Waals surface area contributed by atoms with Gasteiger partial charge in [0.1, 0.15) is 5.82 Å². The second kappa shape index (κ2) is 7.96. The van der Waals surface area contributed by atoms with E-state index in [-0.39, 0.29) is 18.1 Å². The van der Waals surface area contributed by atoms with E-state index in [0.29, 0.717) is 0 Å². The molecule has 3 rings (SSSR count). The molecule has 2 amide bonds. The number of amides is 2. The van der Waals surface area contributed by atoms with Crippen LogP contribution < -0.4 is 10.6 Å². The molecule has 2 atom stereocenters. The number of likely N-dealkylation sites (tertiary alicyclic amines) is 1. The van der Waals surface area contributed by atoms with Crippen LogP contribution in [0.15, 0.2) is 0 Å². The van der Waals surface area contributed by atoms with E-state index in [1.807, 2.05) is 4.68 Å². The highest BCUT2D eigenvalue weighted by molar-refractivity contribution is 5.74. The largest absolute Gasteiger partial charge is 0.336 e. The van der Waals surface area contributed by atoms with Gasteiger partial charge in [0.2, 0.25) is 0 Å². The van der Waals surface area contributed by atoms with E-state index in [1.165, 1.54) is 25.9 Å². The molecule has 1 fully saturated rings. The third-order valence-electron chi connectivity index (χ3n) is 4.99. The summed E-state index contributed by atoms with van der Waals surface area (Å²) in [5.41, 5.74) is 0. The Morgan fingerprint density at radius 3 is 2.83 bits per heavy atom. The summed E-state index contributed by atoms with van der Waals surface area (Å²) in [4.78, 5) is 19.4. The van der Waals surface area contributed by atoms with Gasteiger partial charge >= 0.3 is 6.03 Å². The van der Waals surface area contributed by atoms with Crippen molar-refractivity contribution >= 4 is 6.03 Å². The van der Waals surface area contributed by atoms with Crippen LogP contribution in [0.1, 0.15) is 63.6 Å². The number of rotatable bonds is 6. The first-order valence-electron chi connectivity index (χ1n) is 9.38. The van der Waals surface area contributed by atoms with Gasteiger partial charge in [0.25, 0.3) is 0 Å². The maximum absolute atomic E-state index is 12.3. The summed E-state index contributed by atoms with van der Waals surface area (Å²) in [6, 6.07) is 0.0546. The Morgan fingerprint density at radius 1 is 1.29 bits per heavy atom. The topological polar surface area (TPSA) is 75.1 Å². The van der Waals surface area contributed by atoms with E-state index in [1.54, 1.807) is 0 Å². The van der Waals surface area contributed by atoms with Crippen molar-refractivity contribution in [2.75, 3.05) is 19.6 Å². The standard InChI is InChI=1S/C17H30N6O/c1-3-15-20-16-14(7-6-11-23(16)21-15)19-17(24)18-13(2)8-12-22-9-4-5-10-22/h13-14H,3-12H2,1-2H3,(H2,18,19,24)/t13-,14-/m1/s1. The fourth-order valence-corrected chi connectivity index (χ4v) is 3.56. The van der Waals surface area contributed by atoms with Gasteiger partial charge in [-0.05, 0) is 52.1 Å². The third-order valence-corrected chi connectivity index (χ3v) is 4.99. The van der Waals surface area contributed by atoms with Crippen LogP contribution in [0.2, 0.25) is 0 Å². The van der Waals surface area contributed by atoms with Gasteiger partial charge in [-0.3, -0.25) is 0 Å². The third kappa shape index (κ3) is 4.26. The van der Waals surface area contributed by atoms with Gasteiger partial charge in [-0.2, -0.15) is 5.10 Å². The molecule has 0 radical (unpaired) electrons. The number of nitrogens with zero attached hydrogens (tertiary/aromatic N) is 4. The Hall–Kier alpha value is -1.63. The number of hydrogen-bond donors (Lipinski definition) is 2. The van der Waals surface area contributed by atoms with Crippen molar-refractivity contribution < 1.29 is 4.79 Å². The first-order valence-corrected chi connectivity index (χ1v) is 9.38. The van der Waals surface area contributed by atoms with Gasteiger partial charge in [0.05, 0.1) is 6.04 Å². The zero-order valence-electron chi connectivity index (χ0n) is 14.9. The highest BCUT2D eigenvalue weighted by Crippen LogP contribution is 2.23. The zero-order chi connectivity index (χ0) is 16.9. The predicted molar refractivity (Wildman–Crippen MR) is 92.8 cm³/mol. The van der Waals surface area contributed by atoms with E-state index in [9.17, 15) is 4.79 Å². The first kappa shape index (κ1) is 17.2. The minimum Gasteiger partial charge on any atom is -0.336 e. The van der Waals surface area contributed by atoms with E-state index in [4.69, 9.17) is 0 Å². The van der Waals surface area contributed by atoms with Gasteiger partial charge in [-0.25, -0.2) is 14.5 Å². The van der Waals surface area contributed by atoms with Gasteiger partial charge in [0, 0.05) is 25.6 Å². The molecule has 7 heteroatoms. The lowest BCUT2D eigenvalue weighted by atomic mass is 10.1. The van der Waals surface area contributed by atoms with Crippen LogP contribution in [-0.2, 0) is 13.0 Å². The van der Waals surface area contributed by atoms with E-state index >= 15 is 0 Å². The number of urea groups is 1. The Balaban J connectivity index is 1.47. The zero-order valence-corrected chi connectivity index (χ0v) is 14.9. The minimum atomic E-state index is -0.0941. The van der Waals surface area contributed by atoms with Gasteiger partial charge in [-0.15, -0.1) is 0 Å². The Kier molecular flexibility index (Phi) is 5.71. The minimum absolute atomic E-state index is 0.0302. The predicted octanol–water partition coefficient (Wildman–Crippen LogP) is 1.85. The Morgan fingerprint density at radius 2 is 2.08 bits per heavy atom. The number of aryl methyl sites for hydroxylation is 2. The molecule has 2 N–H and O–H groups in total. The van der Waals surface area contributed by atoms with Crippen LogP contribution >= 0.6 is 0 Å². The number of nitrogens with one attached hydrogen (secondary N) is 2. The van der Waals surface area contributed by atoms with Crippen LogP contribution in [0.4, 0.5) is 4.79 Å². The second-order valence-corrected chi connectivity index (χ2v) is 7.01. The quantitative estimate of drug-likeness (QED) is 0.832. The van der Waals surface area contributed by atoms with Crippen LogP contribution in [0, 0.1) is 0 Å². The molecule has 0 spiro atoms. The van der Waals surface area contributed by atoms with E-state index < -0.39 is 0 Å². The lowest BCUT2D eigenvalue weighted by molar-refractivity contribution is 0.227. The van der Waals surface area contributed by atoms with Crippen LogP contribution in [0.25, 0.3) is 0 Å². The molecule has 2 aliphatic heterocycles. The summed E-state index contributed by atoms with van der Waals surface area (Å²) >= 11 is 0. The second-order valence-electron chi connectivity index (χ2n) is 7.01. The van der Waals surface area contributed by atoms with Crippen molar-refractivity contribution in [3.05, 3.63) is 11.6 Å². The molecule has 1 aromatic heterocycles. The highest BCUT2D eigenvalue weighted by Gasteiger charge is 2.25. The van der Waals surface area contributed by atoms with Crippen LogP contribution in [-0.4, -0.2) is 51.4 Å². The summed E-state index contributed by atoms with van der Waals surface area (Å²) in [6.07, 6.45) is 6.39. The molecule has 134 valence electrons. The summed E-state index contributed by atoms with van der Waals surface area (Å²) in [6.45, 7) is 8.51. The molecule has 2 aliphatic rings. The molecule has 0 saturated carbocycles. The maximum Gasteiger partial charge on any atom is 0.315 e. The molecule has 3 heterocycles. The van der Waals surface area contributed by atoms with Gasteiger partial charge in [-0.1, -0.05) is 6.92 Å². The molecule has 1 aromatic rings. The normalized spacial score (nSPS) is 22.2. The van der Waals surface area contributed by atoms with Gasteiger partial charge in [0.15, 0.2) is 5.82 Å². The average molecular weight is 334 g/mol. The SMILES string of the molecule is CCc1nc2n(n1)CCC[C@H]2NC(=O)N[C@H](C)CCN1CCCC1. The molecular formula is C17H30N6O. The average Bonchev–Trinajstić information content (AvgIpc) is 3.22. The fraction of sp³-hybridized carbons (Fsp3) is 0.824. The lowest BCUT2D eigenvalue weighted by Crippen LogP contribution is -2.44. The summed E-state index contributed by atoms with van der Waals surface area (Å²) in [5.74, 6) is 1.76. The van der Waals surface area contributed by atoms with Crippen LogP contribution in [0.3, 0.4) is 0 Å².